The van der Waals surface area contributed by atoms with Crippen LogP contribution in [0.2, 0.25) is 0 Å². The number of sulfonamides is 1. The molecule has 17 heavy (non-hydrogen) atoms. The van der Waals surface area contributed by atoms with Crippen LogP contribution in [0.15, 0.2) is 24.3 Å². The molecule has 0 fully saturated rings. The van der Waals surface area contributed by atoms with Crippen LogP contribution in [0.3, 0.4) is 0 Å². The zero-order chi connectivity index (χ0) is 12.7. The second kappa shape index (κ2) is 6.46. The fraction of sp³-hybridized carbons (Fsp3) is 0.455. The van der Waals surface area contributed by atoms with E-state index in [2.05, 4.69) is 4.72 Å². The van der Waals surface area contributed by atoms with Gasteiger partial charge in [-0.25, -0.2) is 8.42 Å². The van der Waals surface area contributed by atoms with Crippen molar-refractivity contribution in [2.45, 2.75) is 12.8 Å². The Balaban J connectivity index is 2.62. The summed E-state index contributed by atoms with van der Waals surface area (Å²) in [5, 5.41) is 8.59. The predicted octanol–water partition coefficient (Wildman–Crippen LogP) is 1.21. The van der Waals surface area contributed by atoms with Crippen molar-refractivity contribution in [1.29, 1.82) is 0 Å². The molecular formula is C11H17NO4S. The summed E-state index contributed by atoms with van der Waals surface area (Å²) in [5.41, 5.74) is 0.480. The fourth-order valence-electron chi connectivity index (χ4n) is 1.32. The van der Waals surface area contributed by atoms with E-state index >= 15 is 0 Å². The zero-order valence-corrected chi connectivity index (χ0v) is 10.5. The number of nitrogens with one attached hydrogen (secondary N) is 1. The van der Waals surface area contributed by atoms with Crippen molar-refractivity contribution in [2.24, 2.45) is 0 Å². The molecule has 1 aromatic carbocycles. The average Bonchev–Trinajstić information content (AvgIpc) is 2.29. The first-order valence-electron chi connectivity index (χ1n) is 5.33. The maximum absolute atomic E-state index is 11.6. The number of aliphatic hydroxyl groups is 1. The Morgan fingerprint density at radius 2 is 2.12 bits per heavy atom. The van der Waals surface area contributed by atoms with Gasteiger partial charge in [0, 0.05) is 12.7 Å². The molecule has 0 heterocycles. The first-order chi connectivity index (χ1) is 8.07. The molecule has 0 saturated carbocycles. The summed E-state index contributed by atoms with van der Waals surface area (Å²) in [6.45, 7) is 0.00861. The molecule has 0 aliphatic heterocycles. The quantitative estimate of drug-likeness (QED) is 0.722. The molecule has 1 rings (SSSR count). The van der Waals surface area contributed by atoms with Gasteiger partial charge in [-0.15, -0.1) is 0 Å². The second-order valence-electron chi connectivity index (χ2n) is 3.58. The molecule has 96 valence electrons. The van der Waals surface area contributed by atoms with Crippen LogP contribution in [-0.4, -0.2) is 33.0 Å². The van der Waals surface area contributed by atoms with Gasteiger partial charge in [-0.05, 0) is 25.0 Å². The monoisotopic (exact) mass is 259 g/mol. The van der Waals surface area contributed by atoms with Crippen LogP contribution in [0.5, 0.6) is 5.75 Å². The van der Waals surface area contributed by atoms with Crippen molar-refractivity contribution in [3.8, 4) is 5.75 Å². The van der Waals surface area contributed by atoms with E-state index in [1.165, 1.54) is 7.11 Å². The normalized spacial score (nSPS) is 11.2. The minimum Gasteiger partial charge on any atom is -0.497 e. The predicted molar refractivity (Wildman–Crippen MR) is 66.7 cm³/mol. The smallest absolute Gasteiger partial charge is 0.232 e. The maximum atomic E-state index is 11.6. The summed E-state index contributed by atoms with van der Waals surface area (Å²) in [5.74, 6) is 0.602. The molecule has 0 aliphatic carbocycles. The number of anilines is 1. The zero-order valence-electron chi connectivity index (χ0n) is 9.72. The standard InChI is InChI=1S/C11H17NO4S/c1-16-11-6-4-5-10(9-11)12-17(14,15)8-3-2-7-13/h4-6,9,12-13H,2-3,7-8H2,1H3. The van der Waals surface area contributed by atoms with Gasteiger partial charge in [-0.1, -0.05) is 6.07 Å². The Hall–Kier alpha value is -1.27. The van der Waals surface area contributed by atoms with Gasteiger partial charge in [0.05, 0.1) is 18.6 Å². The Morgan fingerprint density at radius 1 is 1.35 bits per heavy atom. The second-order valence-corrected chi connectivity index (χ2v) is 5.43. The summed E-state index contributed by atoms with van der Waals surface area (Å²) < 4.78 is 30.7. The number of hydrogen-bond acceptors (Lipinski definition) is 4. The Labute approximate surface area is 101 Å². The molecule has 6 heteroatoms. The highest BCUT2D eigenvalue weighted by atomic mass is 32.2. The molecule has 0 saturated heterocycles. The van der Waals surface area contributed by atoms with Crippen molar-refractivity contribution in [3.05, 3.63) is 24.3 Å². The van der Waals surface area contributed by atoms with Crippen molar-refractivity contribution in [1.82, 2.24) is 0 Å². The van der Waals surface area contributed by atoms with Crippen molar-refractivity contribution in [3.63, 3.8) is 0 Å². The van der Waals surface area contributed by atoms with Gasteiger partial charge in [0.2, 0.25) is 10.0 Å². The minimum absolute atomic E-state index is 0.00473. The highest BCUT2D eigenvalue weighted by molar-refractivity contribution is 7.92. The summed E-state index contributed by atoms with van der Waals surface area (Å²) in [7, 11) is -1.83. The summed E-state index contributed by atoms with van der Waals surface area (Å²) >= 11 is 0. The number of ether oxygens (including phenoxy) is 1. The lowest BCUT2D eigenvalue weighted by Crippen LogP contribution is -2.16. The van der Waals surface area contributed by atoms with Gasteiger partial charge in [-0.3, -0.25) is 4.72 Å². The summed E-state index contributed by atoms with van der Waals surface area (Å²) in [4.78, 5) is 0. The lowest BCUT2D eigenvalue weighted by atomic mass is 10.3. The summed E-state index contributed by atoms with van der Waals surface area (Å²) in [6.07, 6.45) is 0.925. The van der Waals surface area contributed by atoms with Crippen LogP contribution in [-0.2, 0) is 10.0 Å². The highest BCUT2D eigenvalue weighted by Crippen LogP contribution is 2.18. The number of hydrogen-bond donors (Lipinski definition) is 2. The third-order valence-corrected chi connectivity index (χ3v) is 3.54. The molecule has 0 bridgehead atoms. The third kappa shape index (κ3) is 5.06. The Morgan fingerprint density at radius 3 is 2.76 bits per heavy atom. The topological polar surface area (TPSA) is 75.6 Å². The SMILES string of the molecule is COc1cccc(NS(=O)(=O)CCCCO)c1. The van der Waals surface area contributed by atoms with E-state index in [4.69, 9.17) is 9.84 Å². The number of benzene rings is 1. The number of methoxy groups -OCH3 is 1. The molecule has 0 unspecified atom stereocenters. The van der Waals surface area contributed by atoms with Gasteiger partial charge in [-0.2, -0.15) is 0 Å². The van der Waals surface area contributed by atoms with Gasteiger partial charge in [0.1, 0.15) is 5.75 Å². The highest BCUT2D eigenvalue weighted by Gasteiger charge is 2.10. The largest absolute Gasteiger partial charge is 0.497 e. The summed E-state index contributed by atoms with van der Waals surface area (Å²) in [6, 6.07) is 6.73. The van der Waals surface area contributed by atoms with Crippen molar-refractivity contribution < 1.29 is 18.3 Å². The Bertz CT molecular complexity index is 445. The first kappa shape index (κ1) is 13.8. The minimum atomic E-state index is -3.35. The molecule has 1 aromatic rings. The van der Waals surface area contributed by atoms with Gasteiger partial charge >= 0.3 is 0 Å². The molecule has 0 aliphatic rings. The molecule has 2 N–H and O–H groups in total. The van der Waals surface area contributed by atoms with Crippen LogP contribution in [0.25, 0.3) is 0 Å². The maximum Gasteiger partial charge on any atom is 0.232 e. The number of rotatable bonds is 7. The van der Waals surface area contributed by atoms with E-state index in [0.717, 1.165) is 0 Å². The molecule has 5 nitrogen and oxygen atoms in total. The van der Waals surface area contributed by atoms with Crippen LogP contribution in [0.4, 0.5) is 5.69 Å². The van der Waals surface area contributed by atoms with E-state index in [1.54, 1.807) is 24.3 Å². The van der Waals surface area contributed by atoms with Crippen LogP contribution in [0, 0.1) is 0 Å². The van der Waals surface area contributed by atoms with Gasteiger partial charge < -0.3 is 9.84 Å². The van der Waals surface area contributed by atoms with Crippen molar-refractivity contribution in [2.75, 3.05) is 24.2 Å². The van der Waals surface area contributed by atoms with Crippen LogP contribution in [0.1, 0.15) is 12.8 Å². The molecule has 0 aromatic heterocycles. The lowest BCUT2D eigenvalue weighted by molar-refractivity contribution is 0.287. The van der Waals surface area contributed by atoms with Gasteiger partial charge in [0.25, 0.3) is 0 Å². The van der Waals surface area contributed by atoms with Gasteiger partial charge in [0.15, 0.2) is 0 Å². The van der Waals surface area contributed by atoms with Crippen LogP contribution >= 0.6 is 0 Å². The Kier molecular flexibility index (Phi) is 5.24. The van der Waals surface area contributed by atoms with Crippen molar-refractivity contribution >= 4 is 15.7 Å². The average molecular weight is 259 g/mol. The third-order valence-electron chi connectivity index (χ3n) is 2.16. The molecule has 0 spiro atoms. The molecular weight excluding hydrogens is 242 g/mol. The van der Waals surface area contributed by atoms with E-state index in [9.17, 15) is 8.42 Å². The fourth-order valence-corrected chi connectivity index (χ4v) is 2.49. The van der Waals surface area contributed by atoms with E-state index in [-0.39, 0.29) is 12.4 Å². The first-order valence-corrected chi connectivity index (χ1v) is 6.98. The number of unbranched alkanes of at least 4 members (excludes halogenated alkanes) is 1. The van der Waals surface area contributed by atoms with E-state index in [0.29, 0.717) is 24.3 Å². The number of aliphatic hydroxyl groups excluding tert-OH is 1. The molecule has 0 amide bonds. The molecule has 0 atom stereocenters. The lowest BCUT2D eigenvalue weighted by Gasteiger charge is -2.08. The van der Waals surface area contributed by atoms with E-state index < -0.39 is 10.0 Å². The molecule has 0 radical (unpaired) electrons. The van der Waals surface area contributed by atoms with Crippen LogP contribution < -0.4 is 9.46 Å². The van der Waals surface area contributed by atoms with E-state index in [1.807, 2.05) is 0 Å².